The molecule has 0 fully saturated rings. The van der Waals surface area contributed by atoms with E-state index in [2.05, 4.69) is 20.0 Å². The molecule has 2 heterocycles. The van der Waals surface area contributed by atoms with Gasteiger partial charge in [0, 0.05) is 11.9 Å². The van der Waals surface area contributed by atoms with E-state index in [1.807, 2.05) is 18.2 Å². The highest BCUT2D eigenvalue weighted by molar-refractivity contribution is 5.08. The fourth-order valence-corrected chi connectivity index (χ4v) is 1.16. The van der Waals surface area contributed by atoms with E-state index in [1.54, 1.807) is 6.20 Å². The fourth-order valence-electron chi connectivity index (χ4n) is 1.16. The van der Waals surface area contributed by atoms with Crippen LogP contribution in [0.4, 0.5) is 0 Å². The van der Waals surface area contributed by atoms with Gasteiger partial charge in [0.15, 0.2) is 5.82 Å². The topological polar surface area (TPSA) is 87.1 Å². The van der Waals surface area contributed by atoms with Crippen molar-refractivity contribution in [3.8, 4) is 0 Å². The quantitative estimate of drug-likeness (QED) is 0.730. The first kappa shape index (κ1) is 9.75. The second-order valence-electron chi connectivity index (χ2n) is 2.91. The lowest BCUT2D eigenvalue weighted by molar-refractivity contribution is 0.0995. The molecule has 0 aliphatic rings. The number of hydrogen-bond acceptors (Lipinski definition) is 6. The maximum Gasteiger partial charge on any atom is 0.254 e. The summed E-state index contributed by atoms with van der Waals surface area (Å²) in [5, 5.41) is 3.77. The average molecular weight is 206 g/mol. The largest absolute Gasteiger partial charge is 0.337 e. The normalized spacial score (nSPS) is 10.5. The van der Waals surface area contributed by atoms with E-state index < -0.39 is 0 Å². The minimum absolute atomic E-state index is 0.120. The molecule has 0 bridgehead atoms. The van der Waals surface area contributed by atoms with Gasteiger partial charge in [0.25, 0.3) is 5.89 Å². The Bertz CT molecular complexity index is 415. The smallest absolute Gasteiger partial charge is 0.254 e. The molecular formula is C9H10N4O2. The van der Waals surface area contributed by atoms with Crippen LogP contribution >= 0.6 is 0 Å². The van der Waals surface area contributed by atoms with Gasteiger partial charge in [-0.1, -0.05) is 11.2 Å². The maximum absolute atomic E-state index is 4.88. The van der Waals surface area contributed by atoms with Crippen LogP contribution in [0.15, 0.2) is 28.9 Å². The van der Waals surface area contributed by atoms with Crippen molar-refractivity contribution >= 4 is 0 Å². The van der Waals surface area contributed by atoms with Gasteiger partial charge < -0.3 is 4.52 Å². The molecule has 0 unspecified atom stereocenters. The van der Waals surface area contributed by atoms with E-state index in [0.29, 0.717) is 18.1 Å². The summed E-state index contributed by atoms with van der Waals surface area (Å²) in [6.07, 6.45) is 2.26. The van der Waals surface area contributed by atoms with Gasteiger partial charge in [-0.25, -0.2) is 5.90 Å². The molecule has 0 spiro atoms. The molecule has 0 saturated heterocycles. The molecule has 0 radical (unpaired) electrons. The second kappa shape index (κ2) is 4.63. The fraction of sp³-hybridized carbons (Fsp3) is 0.222. The van der Waals surface area contributed by atoms with Crippen LogP contribution in [0, 0.1) is 0 Å². The molecule has 2 aromatic heterocycles. The molecule has 0 aromatic carbocycles. The van der Waals surface area contributed by atoms with E-state index in [9.17, 15) is 0 Å². The Hall–Kier alpha value is -1.79. The van der Waals surface area contributed by atoms with Gasteiger partial charge in [0.1, 0.15) is 6.61 Å². The van der Waals surface area contributed by atoms with Crippen molar-refractivity contribution in [3.63, 3.8) is 0 Å². The summed E-state index contributed by atoms with van der Waals surface area (Å²) in [5.41, 5.74) is 0.888. The van der Waals surface area contributed by atoms with Crippen molar-refractivity contribution in [1.29, 1.82) is 0 Å². The van der Waals surface area contributed by atoms with E-state index in [4.69, 9.17) is 10.4 Å². The zero-order chi connectivity index (χ0) is 10.5. The van der Waals surface area contributed by atoms with Crippen molar-refractivity contribution in [3.05, 3.63) is 41.8 Å². The van der Waals surface area contributed by atoms with E-state index >= 15 is 0 Å². The predicted molar refractivity (Wildman–Crippen MR) is 50.3 cm³/mol. The van der Waals surface area contributed by atoms with Crippen molar-refractivity contribution < 1.29 is 9.36 Å². The minimum Gasteiger partial charge on any atom is -0.337 e. The molecule has 2 aromatic rings. The Morgan fingerprint density at radius 2 is 2.33 bits per heavy atom. The standard InChI is InChI=1S/C9H10N4O2/c10-14-6-9-12-8(13-15-9)5-7-3-1-2-4-11-7/h1-4H,5-6,10H2. The summed E-state index contributed by atoms with van der Waals surface area (Å²) < 4.78 is 4.88. The van der Waals surface area contributed by atoms with Crippen molar-refractivity contribution in [2.45, 2.75) is 13.0 Å². The van der Waals surface area contributed by atoms with E-state index in [0.717, 1.165) is 5.69 Å². The van der Waals surface area contributed by atoms with Crippen LogP contribution in [-0.4, -0.2) is 15.1 Å². The summed E-state index contributed by atoms with van der Waals surface area (Å²) in [5.74, 6) is 5.82. The summed E-state index contributed by atoms with van der Waals surface area (Å²) >= 11 is 0. The molecular weight excluding hydrogens is 196 g/mol. The van der Waals surface area contributed by atoms with Crippen LogP contribution in [-0.2, 0) is 17.9 Å². The molecule has 0 saturated carbocycles. The van der Waals surface area contributed by atoms with Gasteiger partial charge in [-0.15, -0.1) is 0 Å². The third kappa shape index (κ3) is 2.58. The summed E-state index contributed by atoms with van der Waals surface area (Å²) in [4.78, 5) is 12.6. The van der Waals surface area contributed by atoms with Crippen molar-refractivity contribution in [1.82, 2.24) is 15.1 Å². The van der Waals surface area contributed by atoms with Gasteiger partial charge in [0.2, 0.25) is 0 Å². The van der Waals surface area contributed by atoms with Crippen LogP contribution in [0.3, 0.4) is 0 Å². The summed E-state index contributed by atoms with van der Waals surface area (Å²) in [7, 11) is 0. The summed E-state index contributed by atoms with van der Waals surface area (Å²) in [6, 6.07) is 5.66. The third-order valence-electron chi connectivity index (χ3n) is 1.78. The highest BCUT2D eigenvalue weighted by Crippen LogP contribution is 2.04. The molecule has 6 nitrogen and oxygen atoms in total. The van der Waals surface area contributed by atoms with E-state index in [1.165, 1.54) is 0 Å². The van der Waals surface area contributed by atoms with Crippen LogP contribution in [0.1, 0.15) is 17.4 Å². The molecule has 0 aliphatic carbocycles. The SMILES string of the molecule is NOCc1nc(Cc2ccccn2)no1. The van der Waals surface area contributed by atoms with Gasteiger partial charge in [-0.05, 0) is 12.1 Å². The van der Waals surface area contributed by atoms with E-state index in [-0.39, 0.29) is 6.61 Å². The Morgan fingerprint density at radius 3 is 3.07 bits per heavy atom. The highest BCUT2D eigenvalue weighted by atomic mass is 16.6. The third-order valence-corrected chi connectivity index (χ3v) is 1.78. The molecule has 0 atom stereocenters. The molecule has 0 amide bonds. The minimum atomic E-state index is 0.120. The molecule has 6 heteroatoms. The number of hydrogen-bond donors (Lipinski definition) is 1. The monoisotopic (exact) mass is 206 g/mol. The molecule has 15 heavy (non-hydrogen) atoms. The zero-order valence-corrected chi connectivity index (χ0v) is 7.96. The van der Waals surface area contributed by atoms with Gasteiger partial charge in [0.05, 0.1) is 6.42 Å². The van der Waals surface area contributed by atoms with Gasteiger partial charge in [-0.3, -0.25) is 9.82 Å². The van der Waals surface area contributed by atoms with Crippen molar-refractivity contribution in [2.75, 3.05) is 0 Å². The molecule has 78 valence electrons. The highest BCUT2D eigenvalue weighted by Gasteiger charge is 2.06. The lowest BCUT2D eigenvalue weighted by Gasteiger charge is -1.92. The Morgan fingerprint density at radius 1 is 1.40 bits per heavy atom. The predicted octanol–water partition coefficient (Wildman–Crippen LogP) is 0.446. The number of nitrogens with two attached hydrogens (primary N) is 1. The second-order valence-corrected chi connectivity index (χ2v) is 2.91. The Balaban J connectivity index is 2.05. The van der Waals surface area contributed by atoms with Crippen molar-refractivity contribution in [2.24, 2.45) is 5.90 Å². The van der Waals surface area contributed by atoms with Gasteiger partial charge in [-0.2, -0.15) is 4.98 Å². The molecule has 0 aliphatic heterocycles. The first-order valence-electron chi connectivity index (χ1n) is 4.41. The molecule has 2 N–H and O–H groups in total. The number of nitrogens with zero attached hydrogens (tertiary/aromatic N) is 3. The zero-order valence-electron chi connectivity index (χ0n) is 7.96. The maximum atomic E-state index is 4.88. The lowest BCUT2D eigenvalue weighted by Crippen LogP contribution is -1.99. The van der Waals surface area contributed by atoms with Gasteiger partial charge >= 0.3 is 0 Å². The lowest BCUT2D eigenvalue weighted by atomic mass is 10.3. The van der Waals surface area contributed by atoms with Crippen LogP contribution in [0.5, 0.6) is 0 Å². The number of rotatable bonds is 4. The first-order chi connectivity index (χ1) is 7.38. The van der Waals surface area contributed by atoms with Crippen LogP contribution in [0.2, 0.25) is 0 Å². The number of aromatic nitrogens is 3. The molecule has 2 rings (SSSR count). The van der Waals surface area contributed by atoms with Crippen LogP contribution in [0.25, 0.3) is 0 Å². The Labute approximate surface area is 86.0 Å². The number of pyridine rings is 1. The average Bonchev–Trinajstić information content (AvgIpc) is 2.68. The first-order valence-corrected chi connectivity index (χ1v) is 4.41. The van der Waals surface area contributed by atoms with Crippen LogP contribution < -0.4 is 5.90 Å². The summed E-state index contributed by atoms with van der Waals surface area (Å²) in [6.45, 7) is 0.120. The Kier molecular flexibility index (Phi) is 3.01.